The molecule has 1 fully saturated rings. The van der Waals surface area contributed by atoms with E-state index in [4.69, 9.17) is 4.43 Å². The summed E-state index contributed by atoms with van der Waals surface area (Å²) in [7, 11) is -2.04. The number of hydrogen-bond acceptors (Lipinski definition) is 6. The quantitative estimate of drug-likeness (QED) is 0.448. The average molecular weight is 385 g/mol. The number of carbonyl (C=O) groups is 2. The van der Waals surface area contributed by atoms with Crippen LogP contribution in [0.3, 0.4) is 0 Å². The molecule has 26 heavy (non-hydrogen) atoms. The first-order chi connectivity index (χ1) is 11.5. The van der Waals surface area contributed by atoms with E-state index in [-0.39, 0.29) is 52.6 Å². The molecule has 0 spiro atoms. The van der Waals surface area contributed by atoms with Crippen LogP contribution in [-0.2, 0) is 14.0 Å². The van der Waals surface area contributed by atoms with Crippen LogP contribution in [-0.4, -0.2) is 41.4 Å². The zero-order valence-electron chi connectivity index (χ0n) is 16.4. The fourth-order valence-corrected chi connectivity index (χ4v) is 4.94. The van der Waals surface area contributed by atoms with E-state index < -0.39 is 26.2 Å². The molecule has 0 aliphatic carbocycles. The summed E-state index contributed by atoms with van der Waals surface area (Å²) in [4.78, 5) is 25.6. The Morgan fingerprint density at radius 3 is 2.54 bits per heavy atom. The monoisotopic (exact) mass is 385 g/mol. The van der Waals surface area contributed by atoms with Gasteiger partial charge in [-0.1, -0.05) is 20.8 Å². The number of hydrogen-bond donors (Lipinski definition) is 0. The second kappa shape index (κ2) is 6.98. The first kappa shape index (κ1) is 21.5. The van der Waals surface area contributed by atoms with Crippen LogP contribution < -0.4 is 34.7 Å². The van der Waals surface area contributed by atoms with Gasteiger partial charge in [-0.25, -0.2) is 0 Å². The Hall–Kier alpha value is -0.803. The smallest absolute Gasteiger partial charge is 0.547 e. The minimum Gasteiger partial charge on any atom is -0.547 e. The van der Waals surface area contributed by atoms with E-state index in [1.165, 1.54) is 11.1 Å². The topological polar surface area (TPSA) is 95.5 Å². The fourth-order valence-electron chi connectivity index (χ4n) is 3.51. The van der Waals surface area contributed by atoms with Crippen molar-refractivity contribution >= 4 is 20.2 Å². The van der Waals surface area contributed by atoms with Crippen molar-refractivity contribution in [3.8, 4) is 0 Å². The van der Waals surface area contributed by atoms with Gasteiger partial charge in [-0.15, -0.1) is 0 Å². The zero-order chi connectivity index (χ0) is 18.7. The molecular weight excluding hydrogens is 361 g/mol. The standard InChI is InChI=1S/C17H25N3O4Si.Na/c1-9(24-25(5,6)17(2,3)4)11-13-10-7-8-18-19-12(10)14(16(22)23)20(13)15(11)21;/h7-9,11,13-14H,1-6H3,(H,22,23);/q;+1/p-1/t9-,11-,13-,14?;/m1./s1. The van der Waals surface area contributed by atoms with Crippen LogP contribution >= 0.6 is 0 Å². The molecule has 3 rings (SSSR count). The van der Waals surface area contributed by atoms with Crippen molar-refractivity contribution in [3.05, 3.63) is 23.5 Å². The van der Waals surface area contributed by atoms with Crippen molar-refractivity contribution in [2.24, 2.45) is 5.92 Å². The van der Waals surface area contributed by atoms with Gasteiger partial charge in [0.25, 0.3) is 0 Å². The van der Waals surface area contributed by atoms with Crippen molar-refractivity contribution in [2.75, 3.05) is 0 Å². The van der Waals surface area contributed by atoms with Crippen LogP contribution in [0.2, 0.25) is 18.1 Å². The first-order valence-electron chi connectivity index (χ1n) is 8.49. The van der Waals surface area contributed by atoms with E-state index in [2.05, 4.69) is 44.1 Å². The van der Waals surface area contributed by atoms with Gasteiger partial charge in [0.05, 0.1) is 29.7 Å². The van der Waals surface area contributed by atoms with Crippen LogP contribution in [0.15, 0.2) is 12.3 Å². The summed E-state index contributed by atoms with van der Waals surface area (Å²) >= 11 is 0. The molecule has 2 aliphatic heterocycles. The minimum absolute atomic E-state index is 0. The molecule has 3 heterocycles. The summed E-state index contributed by atoms with van der Waals surface area (Å²) in [5, 5.41) is 19.3. The molecule has 136 valence electrons. The molecule has 1 unspecified atom stereocenters. The van der Waals surface area contributed by atoms with Crippen LogP contribution in [0.25, 0.3) is 0 Å². The number of carbonyl (C=O) groups excluding carboxylic acids is 2. The van der Waals surface area contributed by atoms with Crippen LogP contribution in [0.4, 0.5) is 0 Å². The zero-order valence-corrected chi connectivity index (χ0v) is 19.4. The Kier molecular flexibility index (Phi) is 5.77. The molecule has 7 nitrogen and oxygen atoms in total. The number of carboxylic acid groups (broad SMARTS) is 1. The van der Waals surface area contributed by atoms with E-state index in [9.17, 15) is 14.7 Å². The molecule has 1 saturated heterocycles. The summed E-state index contributed by atoms with van der Waals surface area (Å²) in [6.45, 7) is 12.6. The first-order valence-corrected chi connectivity index (χ1v) is 11.4. The van der Waals surface area contributed by atoms with Gasteiger partial charge in [0.1, 0.15) is 6.04 Å². The third-order valence-electron chi connectivity index (χ3n) is 5.83. The summed E-state index contributed by atoms with van der Waals surface area (Å²) in [6.07, 6.45) is 1.23. The number of nitrogens with zero attached hydrogens (tertiary/aromatic N) is 3. The number of β-lactam (4-membered cyclic amide) rings is 1. The van der Waals surface area contributed by atoms with Gasteiger partial charge in [0.2, 0.25) is 5.91 Å². The van der Waals surface area contributed by atoms with E-state index in [1.807, 2.05) is 6.92 Å². The second-order valence-corrected chi connectivity index (χ2v) is 13.1. The largest absolute Gasteiger partial charge is 1.00 e. The Labute approximate surface area is 176 Å². The molecular formula is C17H24N3NaO4Si. The molecule has 0 bridgehead atoms. The molecule has 4 atom stereocenters. The van der Waals surface area contributed by atoms with Crippen LogP contribution in [0.5, 0.6) is 0 Å². The molecule has 9 heteroatoms. The number of aromatic nitrogens is 2. The summed E-state index contributed by atoms with van der Waals surface area (Å²) in [5.41, 5.74) is 1.04. The molecule has 0 radical (unpaired) electrons. The second-order valence-electron chi connectivity index (χ2n) is 8.39. The summed E-state index contributed by atoms with van der Waals surface area (Å²) < 4.78 is 6.39. The van der Waals surface area contributed by atoms with Crippen molar-refractivity contribution < 1.29 is 48.7 Å². The molecule has 1 aromatic heterocycles. The molecule has 0 N–H and O–H groups in total. The molecule has 1 amide bonds. The molecule has 2 aliphatic rings. The van der Waals surface area contributed by atoms with Crippen molar-refractivity contribution in [2.45, 2.75) is 64.0 Å². The Bertz CT molecular complexity index is 737. The van der Waals surface area contributed by atoms with Gasteiger partial charge >= 0.3 is 29.6 Å². The molecule has 0 aromatic carbocycles. The molecule has 0 saturated carbocycles. The van der Waals surface area contributed by atoms with Crippen LogP contribution in [0, 0.1) is 5.92 Å². The van der Waals surface area contributed by atoms with E-state index in [1.54, 1.807) is 6.07 Å². The van der Waals surface area contributed by atoms with Gasteiger partial charge in [0.15, 0.2) is 8.32 Å². The van der Waals surface area contributed by atoms with Gasteiger partial charge in [-0.3, -0.25) is 4.79 Å². The average Bonchev–Trinajstić information content (AvgIpc) is 2.76. The maximum atomic E-state index is 12.7. The number of aliphatic carboxylic acids is 1. The predicted octanol–water partition coefficient (Wildman–Crippen LogP) is -1.80. The maximum absolute atomic E-state index is 12.7. The van der Waals surface area contributed by atoms with Gasteiger partial charge < -0.3 is 19.2 Å². The van der Waals surface area contributed by atoms with Crippen molar-refractivity contribution in [1.82, 2.24) is 15.1 Å². The van der Waals surface area contributed by atoms with Gasteiger partial charge in [0, 0.05) is 11.8 Å². The number of fused-ring (bicyclic) bond motifs is 3. The third-order valence-corrected chi connectivity index (χ3v) is 10.4. The van der Waals surface area contributed by atoms with E-state index in [0.717, 1.165) is 5.56 Å². The van der Waals surface area contributed by atoms with Gasteiger partial charge in [-0.05, 0) is 31.1 Å². The minimum atomic E-state index is -2.04. The molecule has 1 aromatic rings. The van der Waals surface area contributed by atoms with Gasteiger partial charge in [-0.2, -0.15) is 10.2 Å². The number of carboxylic acids is 1. The Morgan fingerprint density at radius 1 is 1.38 bits per heavy atom. The Balaban J connectivity index is 0.00000243. The SMILES string of the molecule is C[C@@H](O[Si](C)(C)C(C)(C)C)[C@H]1C(=O)N2C(C(=O)[O-])c3nnccc3[C@H]12.[Na+]. The maximum Gasteiger partial charge on any atom is 1.00 e. The van der Waals surface area contributed by atoms with E-state index in [0.29, 0.717) is 5.69 Å². The Morgan fingerprint density at radius 2 is 2.00 bits per heavy atom. The normalized spacial score (nSPS) is 25.7. The number of amides is 1. The predicted molar refractivity (Wildman–Crippen MR) is 90.6 cm³/mol. The summed E-state index contributed by atoms with van der Waals surface area (Å²) in [6, 6.07) is 0.250. The number of rotatable bonds is 4. The van der Waals surface area contributed by atoms with Crippen molar-refractivity contribution in [1.29, 1.82) is 0 Å². The third kappa shape index (κ3) is 3.15. The summed E-state index contributed by atoms with van der Waals surface area (Å²) in [5.74, 6) is -1.95. The van der Waals surface area contributed by atoms with Crippen LogP contribution in [0.1, 0.15) is 51.0 Å². The fraction of sp³-hybridized carbons (Fsp3) is 0.647. The van der Waals surface area contributed by atoms with E-state index >= 15 is 0 Å². The van der Waals surface area contributed by atoms with Crippen molar-refractivity contribution in [3.63, 3.8) is 0 Å².